The molecule has 1 aromatic heterocycles. The number of hydrogen-bond acceptors (Lipinski definition) is 3. The topological polar surface area (TPSA) is 47.2 Å². The molecule has 0 saturated heterocycles. The Balaban J connectivity index is 1.67. The molecule has 166 valence electrons. The lowest BCUT2D eigenvalue weighted by molar-refractivity contribution is -0.0940. The number of fused-ring (bicyclic) bond motifs is 1. The van der Waals surface area contributed by atoms with Crippen LogP contribution >= 0.6 is 0 Å². The first-order valence-corrected chi connectivity index (χ1v) is 9.98. The van der Waals surface area contributed by atoms with Crippen molar-refractivity contribution in [1.82, 2.24) is 9.78 Å². The van der Waals surface area contributed by atoms with Crippen molar-refractivity contribution >= 4 is 17.4 Å². The van der Waals surface area contributed by atoms with Crippen molar-refractivity contribution in [2.75, 3.05) is 0 Å². The fourth-order valence-corrected chi connectivity index (χ4v) is 3.93. The Morgan fingerprint density at radius 3 is 2.33 bits per heavy atom. The Labute approximate surface area is 184 Å². The van der Waals surface area contributed by atoms with Crippen molar-refractivity contribution in [1.29, 1.82) is 0 Å². The van der Waals surface area contributed by atoms with Gasteiger partial charge in [0, 0.05) is 22.8 Å². The van der Waals surface area contributed by atoms with Crippen LogP contribution in [0.25, 0.3) is 22.4 Å². The highest BCUT2D eigenvalue weighted by Gasteiger charge is 2.37. The normalized spacial score (nSPS) is 15.8. The fraction of sp³-hybridized carbons (Fsp3) is 0.125. The second kappa shape index (κ2) is 7.61. The molecule has 4 nitrogen and oxygen atoms in total. The molecule has 0 bridgehead atoms. The largest absolute Gasteiger partial charge is 0.412 e. The summed E-state index contributed by atoms with van der Waals surface area (Å²) in [5.41, 5.74) is 0.691. The smallest absolute Gasteiger partial charge is 0.265 e. The number of alkyl halides is 3. The molecule has 0 unspecified atom stereocenters. The van der Waals surface area contributed by atoms with E-state index < -0.39 is 29.3 Å². The van der Waals surface area contributed by atoms with Crippen LogP contribution in [-0.4, -0.2) is 27.6 Å². The van der Waals surface area contributed by atoms with Crippen LogP contribution in [0.3, 0.4) is 0 Å². The van der Waals surface area contributed by atoms with Crippen molar-refractivity contribution in [2.45, 2.75) is 19.0 Å². The molecule has 0 spiro atoms. The van der Waals surface area contributed by atoms with Gasteiger partial charge in [-0.1, -0.05) is 42.5 Å². The predicted octanol–water partition coefficient (Wildman–Crippen LogP) is 6.43. The summed E-state index contributed by atoms with van der Waals surface area (Å²) in [7, 11) is 0. The molecule has 9 heteroatoms. The van der Waals surface area contributed by atoms with Crippen LogP contribution in [0.1, 0.15) is 17.6 Å². The summed E-state index contributed by atoms with van der Waals surface area (Å²) in [5, 5.41) is 4.35. The van der Waals surface area contributed by atoms with Gasteiger partial charge in [-0.25, -0.2) is 13.8 Å². The van der Waals surface area contributed by atoms with Gasteiger partial charge < -0.3 is 0 Å². The Morgan fingerprint density at radius 2 is 1.70 bits per heavy atom. The minimum Gasteiger partial charge on any atom is -0.265 e. The molecule has 33 heavy (non-hydrogen) atoms. The Morgan fingerprint density at radius 1 is 0.939 bits per heavy atom. The number of allylic oxidation sites excluding steroid dienone is 4. The van der Waals surface area contributed by atoms with Gasteiger partial charge in [-0.2, -0.15) is 23.0 Å². The molecule has 2 heterocycles. The van der Waals surface area contributed by atoms with Crippen LogP contribution in [0.5, 0.6) is 0 Å². The minimum atomic E-state index is -4.44. The van der Waals surface area contributed by atoms with E-state index in [1.807, 2.05) is 0 Å². The van der Waals surface area contributed by atoms with Crippen LogP contribution in [0.2, 0.25) is 0 Å². The van der Waals surface area contributed by atoms with E-state index in [4.69, 9.17) is 0 Å². The molecule has 0 saturated carbocycles. The Kier molecular flexibility index (Phi) is 4.84. The monoisotopic (exact) mass is 455 g/mol. The molecule has 2 aliphatic rings. The van der Waals surface area contributed by atoms with Gasteiger partial charge in [0.1, 0.15) is 23.0 Å². The number of hydrogen-bond donors (Lipinski definition) is 0. The highest BCUT2D eigenvalue weighted by molar-refractivity contribution is 6.48. The molecule has 1 aliphatic carbocycles. The first kappa shape index (κ1) is 21.0. The number of carbonyl (C=O) groups excluding carboxylic acids is 1. The van der Waals surface area contributed by atoms with Crippen LogP contribution in [0.15, 0.2) is 76.8 Å². The van der Waals surface area contributed by atoms with Gasteiger partial charge in [-0.15, -0.1) is 0 Å². The lowest BCUT2D eigenvalue weighted by Crippen LogP contribution is -2.22. The van der Waals surface area contributed by atoms with E-state index in [9.17, 15) is 26.7 Å². The van der Waals surface area contributed by atoms with E-state index in [2.05, 4.69) is 10.1 Å². The standard InChI is InChI=1S/C24H14F5N3O/c25-16-10-11-17(18(26)12-16)19-20(13-4-2-1-3-5-13)31-32-22(19)30-21(23(32)33)14-6-8-15(9-7-14)24(27,28)29/h1-6,8,10-12H,7,9H2. The first-order chi connectivity index (χ1) is 15.7. The van der Waals surface area contributed by atoms with Crippen molar-refractivity contribution < 1.29 is 26.7 Å². The van der Waals surface area contributed by atoms with Crippen LogP contribution in [0.4, 0.5) is 27.8 Å². The van der Waals surface area contributed by atoms with Crippen molar-refractivity contribution in [3.63, 3.8) is 0 Å². The molecule has 0 amide bonds. The number of aliphatic imine (C=N–C) groups is 1. The maximum Gasteiger partial charge on any atom is 0.412 e. The summed E-state index contributed by atoms with van der Waals surface area (Å²) in [5.74, 6) is -2.19. The summed E-state index contributed by atoms with van der Waals surface area (Å²) in [6.45, 7) is 0. The van der Waals surface area contributed by atoms with E-state index in [0.29, 0.717) is 11.1 Å². The number of rotatable bonds is 3. The van der Waals surface area contributed by atoms with E-state index in [0.717, 1.165) is 22.9 Å². The fourth-order valence-electron chi connectivity index (χ4n) is 3.93. The molecule has 2 aromatic carbocycles. The molecule has 5 rings (SSSR count). The Bertz CT molecular complexity index is 1380. The summed E-state index contributed by atoms with van der Waals surface area (Å²) < 4.78 is 68.1. The number of halogens is 5. The van der Waals surface area contributed by atoms with Crippen LogP contribution in [-0.2, 0) is 0 Å². The average Bonchev–Trinajstić information content (AvgIpc) is 3.31. The third kappa shape index (κ3) is 3.59. The lowest BCUT2D eigenvalue weighted by Gasteiger charge is -2.16. The quantitative estimate of drug-likeness (QED) is 0.427. The van der Waals surface area contributed by atoms with Gasteiger partial charge in [0.15, 0.2) is 5.82 Å². The second-order valence-corrected chi connectivity index (χ2v) is 7.60. The van der Waals surface area contributed by atoms with Gasteiger partial charge in [0.25, 0.3) is 5.91 Å². The highest BCUT2D eigenvalue weighted by atomic mass is 19.4. The van der Waals surface area contributed by atoms with Crippen molar-refractivity contribution in [3.8, 4) is 22.4 Å². The van der Waals surface area contributed by atoms with E-state index >= 15 is 0 Å². The van der Waals surface area contributed by atoms with Crippen molar-refractivity contribution in [2.24, 2.45) is 4.99 Å². The number of carbonyl (C=O) groups is 1. The molecular formula is C24H14F5N3O. The average molecular weight is 455 g/mol. The lowest BCUT2D eigenvalue weighted by atomic mass is 9.94. The maximum atomic E-state index is 14.7. The summed E-state index contributed by atoms with van der Waals surface area (Å²) in [4.78, 5) is 17.4. The molecule has 0 fully saturated rings. The third-order valence-corrected chi connectivity index (χ3v) is 5.54. The zero-order chi connectivity index (χ0) is 23.3. The van der Waals surface area contributed by atoms with Gasteiger partial charge in [0.05, 0.1) is 5.56 Å². The van der Waals surface area contributed by atoms with Gasteiger partial charge in [0.2, 0.25) is 0 Å². The van der Waals surface area contributed by atoms with Gasteiger partial charge in [-0.05, 0) is 30.5 Å². The molecule has 0 radical (unpaired) electrons. The molecule has 0 N–H and O–H groups in total. The zero-order valence-electron chi connectivity index (χ0n) is 16.8. The number of aromatic nitrogens is 2. The first-order valence-electron chi connectivity index (χ1n) is 9.98. The van der Waals surface area contributed by atoms with E-state index in [1.165, 1.54) is 12.1 Å². The summed E-state index contributed by atoms with van der Waals surface area (Å²) in [6, 6.07) is 11.8. The van der Waals surface area contributed by atoms with Gasteiger partial charge >= 0.3 is 6.18 Å². The molecule has 1 aliphatic heterocycles. The number of benzene rings is 2. The van der Waals surface area contributed by atoms with Crippen molar-refractivity contribution in [3.05, 3.63) is 83.5 Å². The highest BCUT2D eigenvalue weighted by Crippen LogP contribution is 2.43. The summed E-state index contributed by atoms with van der Waals surface area (Å²) in [6.07, 6.45) is -2.57. The molecule has 3 aromatic rings. The molecular weight excluding hydrogens is 441 g/mol. The summed E-state index contributed by atoms with van der Waals surface area (Å²) >= 11 is 0. The Hall–Kier alpha value is -3.88. The van der Waals surface area contributed by atoms with Crippen LogP contribution in [0, 0.1) is 11.6 Å². The predicted molar refractivity (Wildman–Crippen MR) is 112 cm³/mol. The maximum absolute atomic E-state index is 14.7. The SMILES string of the molecule is O=C1C(C2=CC=C(C(F)(F)F)CC2)=Nc2c(-c3ccc(F)cc3F)c(-c3ccccc3)nn21. The van der Waals surface area contributed by atoms with Gasteiger partial charge in [-0.3, -0.25) is 4.79 Å². The second-order valence-electron chi connectivity index (χ2n) is 7.60. The van der Waals surface area contributed by atoms with E-state index in [-0.39, 0.29) is 41.2 Å². The zero-order valence-corrected chi connectivity index (χ0v) is 16.8. The van der Waals surface area contributed by atoms with Crippen LogP contribution < -0.4 is 0 Å². The number of nitrogens with zero attached hydrogens (tertiary/aromatic N) is 3. The van der Waals surface area contributed by atoms with E-state index in [1.54, 1.807) is 30.3 Å². The third-order valence-electron chi connectivity index (χ3n) is 5.54. The molecule has 0 atom stereocenters. The minimum absolute atomic E-state index is 0.00572.